The Hall–Kier alpha value is -1.91. The zero-order valence-electron chi connectivity index (χ0n) is 11.9. The highest BCUT2D eigenvalue weighted by Crippen LogP contribution is 2.39. The Morgan fingerprint density at radius 1 is 1.05 bits per heavy atom. The number of alkyl halides is 1. The van der Waals surface area contributed by atoms with Crippen molar-refractivity contribution in [2.75, 3.05) is 12.5 Å². The van der Waals surface area contributed by atoms with Crippen LogP contribution in [0.25, 0.3) is 21.1 Å². The average Bonchev–Trinajstić information content (AvgIpc) is 3.01. The molecule has 0 atom stereocenters. The molecular formula is C17H15ClN2OS. The fraction of sp³-hybridized carbons (Fsp3) is 0.176. The second-order valence-corrected chi connectivity index (χ2v) is 6.00. The minimum absolute atomic E-state index is 0.564. The Bertz CT molecular complexity index is 716. The van der Waals surface area contributed by atoms with E-state index in [2.05, 4.69) is 22.1 Å². The first-order valence-electron chi connectivity index (χ1n) is 7.05. The molecule has 3 rings (SSSR count). The molecule has 0 bridgehead atoms. The van der Waals surface area contributed by atoms with Crippen LogP contribution in [0.2, 0.25) is 0 Å². The molecule has 5 heteroatoms. The molecule has 112 valence electrons. The Labute approximate surface area is 138 Å². The summed E-state index contributed by atoms with van der Waals surface area (Å²) in [5, 5.41) is 0.861. The molecule has 0 aliphatic carbocycles. The molecule has 3 nitrogen and oxygen atoms in total. The topological polar surface area (TPSA) is 35.0 Å². The monoisotopic (exact) mass is 330 g/mol. The average molecular weight is 331 g/mol. The van der Waals surface area contributed by atoms with Gasteiger partial charge in [-0.1, -0.05) is 36.4 Å². The molecule has 22 heavy (non-hydrogen) atoms. The number of hydrogen-bond donors (Lipinski definition) is 0. The van der Waals surface area contributed by atoms with Crippen molar-refractivity contribution in [2.24, 2.45) is 0 Å². The number of thiazole rings is 1. The van der Waals surface area contributed by atoms with E-state index in [4.69, 9.17) is 16.3 Å². The quantitative estimate of drug-likeness (QED) is 0.477. The highest BCUT2D eigenvalue weighted by atomic mass is 35.5. The summed E-state index contributed by atoms with van der Waals surface area (Å²) < 4.78 is 5.82. The predicted octanol–water partition coefficient (Wildman–Crippen LogP) is 4.88. The number of pyridine rings is 1. The molecule has 0 aliphatic heterocycles. The van der Waals surface area contributed by atoms with Crippen molar-refractivity contribution >= 4 is 22.9 Å². The molecule has 0 aliphatic rings. The van der Waals surface area contributed by atoms with Gasteiger partial charge in [0.15, 0.2) is 0 Å². The summed E-state index contributed by atoms with van der Waals surface area (Å²) in [6, 6.07) is 16.0. The lowest BCUT2D eigenvalue weighted by atomic mass is 10.2. The summed E-state index contributed by atoms with van der Waals surface area (Å²) in [6.07, 6.45) is 2.57. The summed E-state index contributed by atoms with van der Waals surface area (Å²) in [5.74, 6) is 1.24. The largest absolute Gasteiger partial charge is 0.477 e. The van der Waals surface area contributed by atoms with E-state index in [9.17, 15) is 0 Å². The van der Waals surface area contributed by atoms with Crippen molar-refractivity contribution in [1.82, 2.24) is 9.97 Å². The molecule has 0 amide bonds. The predicted molar refractivity (Wildman–Crippen MR) is 91.6 cm³/mol. The van der Waals surface area contributed by atoms with Crippen molar-refractivity contribution in [3.63, 3.8) is 0 Å². The lowest BCUT2D eigenvalue weighted by Gasteiger charge is -2.04. The third-order valence-electron chi connectivity index (χ3n) is 3.03. The van der Waals surface area contributed by atoms with Gasteiger partial charge in [-0.15, -0.1) is 22.9 Å². The molecule has 0 unspecified atom stereocenters. The maximum Gasteiger partial charge on any atom is 0.233 e. The van der Waals surface area contributed by atoms with Crippen molar-refractivity contribution in [2.45, 2.75) is 6.42 Å². The SMILES string of the molecule is ClCCCOc1nc(-c2ccccn2)sc1-c1ccccc1. The van der Waals surface area contributed by atoms with Crippen LogP contribution in [-0.2, 0) is 0 Å². The second-order valence-electron chi connectivity index (χ2n) is 4.63. The molecule has 2 heterocycles. The van der Waals surface area contributed by atoms with Gasteiger partial charge < -0.3 is 4.74 Å². The van der Waals surface area contributed by atoms with Gasteiger partial charge in [0.1, 0.15) is 5.01 Å². The molecule has 1 aromatic carbocycles. The molecule has 0 spiro atoms. The van der Waals surface area contributed by atoms with Crippen LogP contribution in [0.5, 0.6) is 5.88 Å². The highest BCUT2D eigenvalue weighted by Gasteiger charge is 2.16. The van der Waals surface area contributed by atoms with Crippen molar-refractivity contribution in [3.8, 4) is 27.0 Å². The first-order chi connectivity index (χ1) is 10.9. The summed E-state index contributed by atoms with van der Waals surface area (Å²) in [7, 11) is 0. The van der Waals surface area contributed by atoms with Gasteiger partial charge in [0.05, 0.1) is 17.2 Å². The zero-order valence-corrected chi connectivity index (χ0v) is 13.5. The van der Waals surface area contributed by atoms with E-state index in [1.807, 2.05) is 36.4 Å². The smallest absolute Gasteiger partial charge is 0.233 e. The molecule has 0 fully saturated rings. The van der Waals surface area contributed by atoms with E-state index in [0.29, 0.717) is 18.4 Å². The number of ether oxygens (including phenoxy) is 1. The van der Waals surface area contributed by atoms with Gasteiger partial charge in [-0.2, -0.15) is 4.98 Å². The highest BCUT2D eigenvalue weighted by molar-refractivity contribution is 7.18. The normalized spacial score (nSPS) is 10.6. The van der Waals surface area contributed by atoms with Crippen molar-refractivity contribution in [1.29, 1.82) is 0 Å². The van der Waals surface area contributed by atoms with Crippen LogP contribution in [0.1, 0.15) is 6.42 Å². The minimum Gasteiger partial charge on any atom is -0.477 e. The molecule has 0 radical (unpaired) electrons. The van der Waals surface area contributed by atoms with Crippen LogP contribution in [0.15, 0.2) is 54.7 Å². The Morgan fingerprint density at radius 3 is 2.59 bits per heavy atom. The Kier molecular flexibility index (Phi) is 5.03. The molecule has 3 aromatic rings. The van der Waals surface area contributed by atoms with Crippen LogP contribution in [-0.4, -0.2) is 22.5 Å². The van der Waals surface area contributed by atoms with Crippen LogP contribution >= 0.6 is 22.9 Å². The fourth-order valence-electron chi connectivity index (χ4n) is 2.00. The number of nitrogens with zero attached hydrogens (tertiary/aromatic N) is 2. The number of halogens is 1. The summed E-state index contributed by atoms with van der Waals surface area (Å²) in [6.45, 7) is 0.564. The molecule has 2 aromatic heterocycles. The summed E-state index contributed by atoms with van der Waals surface area (Å²) in [4.78, 5) is 10.0. The van der Waals surface area contributed by atoms with Gasteiger partial charge in [0.25, 0.3) is 0 Å². The van der Waals surface area contributed by atoms with E-state index >= 15 is 0 Å². The molecule has 0 N–H and O–H groups in total. The number of aromatic nitrogens is 2. The number of rotatable bonds is 6. The number of benzene rings is 1. The van der Waals surface area contributed by atoms with Gasteiger partial charge in [0, 0.05) is 12.1 Å². The number of hydrogen-bond acceptors (Lipinski definition) is 4. The van der Waals surface area contributed by atoms with E-state index in [0.717, 1.165) is 27.6 Å². The Morgan fingerprint density at radius 2 is 1.86 bits per heavy atom. The van der Waals surface area contributed by atoms with Crippen LogP contribution in [0.4, 0.5) is 0 Å². The Balaban J connectivity index is 1.97. The van der Waals surface area contributed by atoms with E-state index in [1.54, 1.807) is 17.5 Å². The fourth-order valence-corrected chi connectivity index (χ4v) is 3.10. The standard InChI is InChI=1S/C17H15ClN2OS/c18-10-6-12-21-16-15(13-7-2-1-3-8-13)22-17(20-16)14-9-4-5-11-19-14/h1-5,7-9,11H,6,10,12H2. The van der Waals surface area contributed by atoms with E-state index in [1.165, 1.54) is 0 Å². The lowest BCUT2D eigenvalue weighted by molar-refractivity contribution is 0.309. The molecular weight excluding hydrogens is 316 g/mol. The van der Waals surface area contributed by atoms with Crippen LogP contribution in [0.3, 0.4) is 0 Å². The zero-order chi connectivity index (χ0) is 15.2. The first kappa shape index (κ1) is 15.0. The van der Waals surface area contributed by atoms with Crippen molar-refractivity contribution in [3.05, 3.63) is 54.7 Å². The van der Waals surface area contributed by atoms with E-state index in [-0.39, 0.29) is 0 Å². The maximum atomic E-state index is 5.82. The molecule has 0 saturated heterocycles. The third-order valence-corrected chi connectivity index (χ3v) is 4.41. The van der Waals surface area contributed by atoms with Crippen molar-refractivity contribution < 1.29 is 4.74 Å². The third kappa shape index (κ3) is 3.46. The lowest BCUT2D eigenvalue weighted by Crippen LogP contribution is -1.99. The van der Waals surface area contributed by atoms with Gasteiger partial charge in [-0.3, -0.25) is 4.98 Å². The second kappa shape index (κ2) is 7.38. The van der Waals surface area contributed by atoms with E-state index < -0.39 is 0 Å². The van der Waals surface area contributed by atoms with Gasteiger partial charge in [-0.25, -0.2) is 0 Å². The van der Waals surface area contributed by atoms with Gasteiger partial charge >= 0.3 is 0 Å². The maximum absolute atomic E-state index is 5.82. The van der Waals surface area contributed by atoms with Crippen LogP contribution < -0.4 is 4.74 Å². The first-order valence-corrected chi connectivity index (χ1v) is 8.40. The van der Waals surface area contributed by atoms with Gasteiger partial charge in [-0.05, 0) is 24.1 Å². The molecule has 0 saturated carbocycles. The minimum atomic E-state index is 0.564. The summed E-state index contributed by atoms with van der Waals surface area (Å²) in [5.41, 5.74) is 1.96. The van der Waals surface area contributed by atoms with Crippen LogP contribution in [0, 0.1) is 0 Å². The van der Waals surface area contributed by atoms with Gasteiger partial charge in [0.2, 0.25) is 5.88 Å². The summed E-state index contributed by atoms with van der Waals surface area (Å²) >= 11 is 7.31.